The van der Waals surface area contributed by atoms with Crippen LogP contribution in [0, 0.1) is 6.92 Å². The van der Waals surface area contributed by atoms with Gasteiger partial charge in [-0.15, -0.1) is 0 Å². The monoisotopic (exact) mass is 308 g/mol. The molecule has 122 valence electrons. The van der Waals surface area contributed by atoms with Crippen molar-refractivity contribution in [2.24, 2.45) is 0 Å². The number of aliphatic hydroxyl groups is 1. The number of nitrogens with zero attached hydrogens (tertiary/aromatic N) is 4. The summed E-state index contributed by atoms with van der Waals surface area (Å²) in [5.41, 5.74) is -0.332. The van der Waals surface area contributed by atoms with Gasteiger partial charge in [-0.05, 0) is 13.8 Å². The minimum atomic E-state index is -0.332. The number of hydrogen-bond donors (Lipinski definition) is 1. The van der Waals surface area contributed by atoms with Gasteiger partial charge in [0.05, 0.1) is 32.0 Å². The molecule has 0 radical (unpaired) electrons. The van der Waals surface area contributed by atoms with Crippen LogP contribution in [-0.4, -0.2) is 78.1 Å². The van der Waals surface area contributed by atoms with Crippen LogP contribution >= 0.6 is 0 Å². The van der Waals surface area contributed by atoms with Gasteiger partial charge in [-0.2, -0.15) is 4.98 Å². The first-order valence-corrected chi connectivity index (χ1v) is 7.84. The smallest absolute Gasteiger partial charge is 0.218 e. The van der Waals surface area contributed by atoms with Gasteiger partial charge in [-0.1, -0.05) is 0 Å². The number of hydrogen-bond acceptors (Lipinski definition) is 7. The Kier molecular flexibility index (Phi) is 4.46. The van der Waals surface area contributed by atoms with Gasteiger partial charge in [0.1, 0.15) is 11.6 Å². The number of anilines is 1. The predicted molar refractivity (Wildman–Crippen MR) is 82.4 cm³/mol. The molecule has 0 aliphatic carbocycles. The summed E-state index contributed by atoms with van der Waals surface area (Å²) >= 11 is 0. The molecule has 0 bridgehead atoms. The van der Waals surface area contributed by atoms with Crippen molar-refractivity contribution in [3.05, 3.63) is 11.9 Å². The SMILES string of the molecule is CCOc1cc(N2CCN3CCOC[C@]3(CO)C2)nc(C)n1. The normalized spacial score (nSPS) is 25.9. The van der Waals surface area contributed by atoms with Crippen LogP contribution < -0.4 is 9.64 Å². The zero-order valence-electron chi connectivity index (χ0n) is 13.3. The molecule has 1 aromatic heterocycles. The number of rotatable bonds is 4. The van der Waals surface area contributed by atoms with Gasteiger partial charge in [-0.25, -0.2) is 4.98 Å². The molecule has 0 unspecified atom stereocenters. The molecule has 0 saturated carbocycles. The highest BCUT2D eigenvalue weighted by Crippen LogP contribution is 2.28. The van der Waals surface area contributed by atoms with E-state index in [0.29, 0.717) is 31.5 Å². The molecule has 2 aliphatic rings. The quantitative estimate of drug-likeness (QED) is 0.844. The fraction of sp³-hybridized carbons (Fsp3) is 0.733. The van der Waals surface area contributed by atoms with Crippen molar-refractivity contribution in [3.8, 4) is 5.88 Å². The summed E-state index contributed by atoms with van der Waals surface area (Å²) < 4.78 is 11.1. The average Bonchev–Trinajstić information content (AvgIpc) is 2.54. The average molecular weight is 308 g/mol. The van der Waals surface area contributed by atoms with Gasteiger partial charge in [0.2, 0.25) is 5.88 Å². The van der Waals surface area contributed by atoms with Gasteiger partial charge < -0.3 is 19.5 Å². The Hall–Kier alpha value is -1.44. The van der Waals surface area contributed by atoms with Gasteiger partial charge in [0, 0.05) is 32.2 Å². The van der Waals surface area contributed by atoms with Crippen molar-refractivity contribution in [2.45, 2.75) is 19.4 Å². The maximum atomic E-state index is 9.93. The molecule has 7 heteroatoms. The molecule has 0 aromatic carbocycles. The number of fused-ring (bicyclic) bond motifs is 1. The Balaban J connectivity index is 1.83. The largest absolute Gasteiger partial charge is 0.478 e. The van der Waals surface area contributed by atoms with Gasteiger partial charge in [-0.3, -0.25) is 4.90 Å². The molecule has 1 atom stereocenters. The molecule has 2 aliphatic heterocycles. The molecule has 22 heavy (non-hydrogen) atoms. The topological polar surface area (TPSA) is 71.0 Å². The number of aryl methyl sites for hydroxylation is 1. The standard InChI is InChI=1S/C15H24N4O3/c1-3-22-14-8-13(16-12(2)17-14)18-4-5-19-6-7-21-11-15(19,9-18)10-20/h8,20H,3-7,9-11H2,1-2H3/t15-/m1/s1. The maximum Gasteiger partial charge on any atom is 0.218 e. The van der Waals surface area contributed by atoms with Gasteiger partial charge in [0.25, 0.3) is 0 Å². The summed E-state index contributed by atoms with van der Waals surface area (Å²) in [7, 11) is 0. The van der Waals surface area contributed by atoms with Crippen molar-refractivity contribution in [1.29, 1.82) is 0 Å². The minimum absolute atomic E-state index is 0.0892. The molecular weight excluding hydrogens is 284 g/mol. The lowest BCUT2D eigenvalue weighted by Crippen LogP contribution is -2.69. The fourth-order valence-corrected chi connectivity index (χ4v) is 3.24. The Bertz CT molecular complexity index is 528. The van der Waals surface area contributed by atoms with Crippen molar-refractivity contribution >= 4 is 5.82 Å². The van der Waals surface area contributed by atoms with E-state index in [2.05, 4.69) is 19.8 Å². The van der Waals surface area contributed by atoms with Crippen LogP contribution in [-0.2, 0) is 4.74 Å². The number of piperazine rings is 1. The zero-order valence-corrected chi connectivity index (χ0v) is 13.3. The molecule has 2 saturated heterocycles. The number of aromatic nitrogens is 2. The first-order valence-electron chi connectivity index (χ1n) is 7.84. The van der Waals surface area contributed by atoms with Crippen LogP contribution in [0.1, 0.15) is 12.7 Å². The van der Waals surface area contributed by atoms with Crippen LogP contribution in [0.2, 0.25) is 0 Å². The van der Waals surface area contributed by atoms with Crippen molar-refractivity contribution in [3.63, 3.8) is 0 Å². The Morgan fingerprint density at radius 3 is 3.00 bits per heavy atom. The third-order valence-electron chi connectivity index (χ3n) is 4.38. The Morgan fingerprint density at radius 2 is 2.23 bits per heavy atom. The summed E-state index contributed by atoms with van der Waals surface area (Å²) in [5, 5.41) is 9.93. The summed E-state index contributed by atoms with van der Waals surface area (Å²) in [6.07, 6.45) is 0. The summed E-state index contributed by atoms with van der Waals surface area (Å²) in [4.78, 5) is 13.4. The molecule has 0 spiro atoms. The highest BCUT2D eigenvalue weighted by molar-refractivity contribution is 5.43. The first-order chi connectivity index (χ1) is 10.7. The highest BCUT2D eigenvalue weighted by atomic mass is 16.5. The first kappa shape index (κ1) is 15.5. The minimum Gasteiger partial charge on any atom is -0.478 e. The van der Waals surface area contributed by atoms with E-state index in [-0.39, 0.29) is 12.1 Å². The van der Waals surface area contributed by atoms with Crippen molar-refractivity contribution in [1.82, 2.24) is 14.9 Å². The molecular formula is C15H24N4O3. The van der Waals surface area contributed by atoms with Gasteiger partial charge in [0.15, 0.2) is 0 Å². The molecule has 0 amide bonds. The molecule has 2 fully saturated rings. The van der Waals surface area contributed by atoms with Crippen LogP contribution in [0.4, 0.5) is 5.82 Å². The van der Waals surface area contributed by atoms with E-state index in [1.54, 1.807) is 0 Å². The van der Waals surface area contributed by atoms with Crippen LogP contribution in [0.3, 0.4) is 0 Å². The fourth-order valence-electron chi connectivity index (χ4n) is 3.24. The van der Waals surface area contributed by atoms with Crippen LogP contribution in [0.25, 0.3) is 0 Å². The lowest BCUT2D eigenvalue weighted by Gasteiger charge is -2.52. The van der Waals surface area contributed by atoms with E-state index in [1.165, 1.54) is 0 Å². The summed E-state index contributed by atoms with van der Waals surface area (Å²) in [6.45, 7) is 9.13. The second-order valence-electron chi connectivity index (χ2n) is 5.89. The number of morpholine rings is 1. The lowest BCUT2D eigenvalue weighted by molar-refractivity contribution is -0.0951. The second kappa shape index (κ2) is 6.36. The van der Waals surface area contributed by atoms with Crippen LogP contribution in [0.15, 0.2) is 6.07 Å². The van der Waals surface area contributed by atoms with E-state index in [9.17, 15) is 5.11 Å². The van der Waals surface area contributed by atoms with E-state index in [0.717, 1.165) is 32.1 Å². The zero-order chi connectivity index (χ0) is 15.6. The number of ether oxygens (including phenoxy) is 2. The number of aliphatic hydroxyl groups excluding tert-OH is 1. The third kappa shape index (κ3) is 2.88. The van der Waals surface area contributed by atoms with Crippen molar-refractivity contribution < 1.29 is 14.6 Å². The van der Waals surface area contributed by atoms with Gasteiger partial charge >= 0.3 is 0 Å². The second-order valence-corrected chi connectivity index (χ2v) is 5.89. The molecule has 7 nitrogen and oxygen atoms in total. The van der Waals surface area contributed by atoms with E-state index in [4.69, 9.17) is 9.47 Å². The lowest BCUT2D eigenvalue weighted by atomic mass is 9.94. The van der Waals surface area contributed by atoms with E-state index < -0.39 is 0 Å². The third-order valence-corrected chi connectivity index (χ3v) is 4.38. The molecule has 3 rings (SSSR count). The summed E-state index contributed by atoms with van der Waals surface area (Å²) in [5.74, 6) is 2.15. The van der Waals surface area contributed by atoms with E-state index in [1.807, 2.05) is 19.9 Å². The molecule has 3 heterocycles. The maximum absolute atomic E-state index is 9.93. The molecule has 1 N–H and O–H groups in total. The summed E-state index contributed by atoms with van der Waals surface area (Å²) in [6, 6.07) is 1.88. The Morgan fingerprint density at radius 1 is 1.36 bits per heavy atom. The van der Waals surface area contributed by atoms with Crippen LogP contribution in [0.5, 0.6) is 5.88 Å². The predicted octanol–water partition coefficient (Wildman–Crippen LogP) is 0.0670. The van der Waals surface area contributed by atoms with E-state index >= 15 is 0 Å². The van der Waals surface area contributed by atoms with Crippen molar-refractivity contribution in [2.75, 3.05) is 57.5 Å². The molecule has 1 aromatic rings. The Labute approximate surface area is 130 Å². The highest BCUT2D eigenvalue weighted by Gasteiger charge is 2.44.